The van der Waals surface area contributed by atoms with E-state index in [9.17, 15) is 14.0 Å². The van der Waals surface area contributed by atoms with E-state index in [1.54, 1.807) is 19.1 Å². The molecule has 0 aliphatic heterocycles. The fraction of sp³-hybridized carbons (Fsp3) is 0.150. The van der Waals surface area contributed by atoms with E-state index in [2.05, 4.69) is 5.10 Å². The molecule has 0 spiro atoms. The maximum absolute atomic E-state index is 14.0. The summed E-state index contributed by atoms with van der Waals surface area (Å²) in [4.78, 5) is 24.4. The number of benzene rings is 2. The first kappa shape index (κ1) is 17.5. The number of aromatic nitrogens is 2. The highest BCUT2D eigenvalue weighted by Crippen LogP contribution is 2.13. The summed E-state index contributed by atoms with van der Waals surface area (Å²) in [5.74, 6) is -1.33. The summed E-state index contributed by atoms with van der Waals surface area (Å²) in [6, 6.07) is 16.8. The van der Waals surface area contributed by atoms with E-state index >= 15 is 0 Å². The summed E-state index contributed by atoms with van der Waals surface area (Å²) in [5.41, 5.74) is 0.664. The minimum absolute atomic E-state index is 0.123. The average Bonchev–Trinajstić information content (AvgIpc) is 2.63. The molecule has 1 aromatic heterocycles. The van der Waals surface area contributed by atoms with Gasteiger partial charge in [0.15, 0.2) is 0 Å². The second-order valence-electron chi connectivity index (χ2n) is 5.73. The van der Waals surface area contributed by atoms with Crippen molar-refractivity contribution in [2.45, 2.75) is 13.3 Å². The molecule has 0 N–H and O–H groups in total. The Morgan fingerprint density at radius 1 is 1.12 bits per heavy atom. The van der Waals surface area contributed by atoms with Crippen molar-refractivity contribution < 1.29 is 13.9 Å². The molecule has 0 amide bonds. The predicted octanol–water partition coefficient (Wildman–Crippen LogP) is 3.08. The van der Waals surface area contributed by atoms with Crippen molar-refractivity contribution in [3.05, 3.63) is 93.7 Å². The molecule has 26 heavy (non-hydrogen) atoms. The van der Waals surface area contributed by atoms with Crippen LogP contribution in [0.5, 0.6) is 0 Å². The van der Waals surface area contributed by atoms with Crippen LogP contribution in [-0.4, -0.2) is 22.4 Å². The maximum Gasteiger partial charge on any atom is 0.362 e. The molecule has 0 atom stereocenters. The molecule has 0 saturated carbocycles. The molecule has 2 aromatic carbocycles. The molecule has 0 saturated heterocycles. The first-order valence-electron chi connectivity index (χ1n) is 8.13. The van der Waals surface area contributed by atoms with Gasteiger partial charge in [-0.1, -0.05) is 42.5 Å². The van der Waals surface area contributed by atoms with Gasteiger partial charge in [0, 0.05) is 18.2 Å². The number of carbonyl (C=O) groups is 1. The van der Waals surface area contributed by atoms with Gasteiger partial charge in [0.2, 0.25) is 11.1 Å². The van der Waals surface area contributed by atoms with Gasteiger partial charge in [-0.05, 0) is 24.6 Å². The molecule has 0 aliphatic carbocycles. The molecular weight excluding hydrogens is 335 g/mol. The van der Waals surface area contributed by atoms with Crippen molar-refractivity contribution in [3.63, 3.8) is 0 Å². The van der Waals surface area contributed by atoms with Crippen molar-refractivity contribution in [1.82, 2.24) is 9.78 Å². The largest absolute Gasteiger partial charge is 0.460 e. The van der Waals surface area contributed by atoms with Crippen molar-refractivity contribution in [2.24, 2.45) is 0 Å². The summed E-state index contributed by atoms with van der Waals surface area (Å²) >= 11 is 0. The number of ether oxygens (including phenoxy) is 1. The van der Waals surface area contributed by atoms with Crippen molar-refractivity contribution in [1.29, 1.82) is 0 Å². The fourth-order valence-corrected chi connectivity index (χ4v) is 2.53. The third-order valence-corrected chi connectivity index (χ3v) is 3.85. The Labute approximate surface area is 149 Å². The Morgan fingerprint density at radius 3 is 2.54 bits per heavy atom. The Morgan fingerprint density at radius 2 is 1.81 bits per heavy atom. The molecule has 132 valence electrons. The Balaban J connectivity index is 1.81. The van der Waals surface area contributed by atoms with E-state index in [1.807, 2.05) is 30.3 Å². The highest BCUT2D eigenvalue weighted by Gasteiger charge is 2.17. The summed E-state index contributed by atoms with van der Waals surface area (Å²) in [6.45, 7) is 1.74. The molecule has 0 aliphatic rings. The monoisotopic (exact) mass is 352 g/mol. The van der Waals surface area contributed by atoms with E-state index in [4.69, 9.17) is 4.74 Å². The molecule has 0 unspecified atom stereocenters. The lowest BCUT2D eigenvalue weighted by molar-refractivity contribution is 0.0498. The Hall–Kier alpha value is -3.28. The normalized spacial score (nSPS) is 10.5. The van der Waals surface area contributed by atoms with Crippen LogP contribution in [0.1, 0.15) is 21.7 Å². The first-order valence-corrected chi connectivity index (χ1v) is 8.13. The zero-order chi connectivity index (χ0) is 18.5. The van der Waals surface area contributed by atoms with Crippen LogP contribution in [-0.2, 0) is 11.2 Å². The highest BCUT2D eigenvalue weighted by molar-refractivity contribution is 5.86. The number of carbonyl (C=O) groups excluding carboxylic acids is 1. The van der Waals surface area contributed by atoms with Gasteiger partial charge in [-0.15, -0.1) is 0 Å². The number of hydrogen-bond donors (Lipinski definition) is 0. The zero-order valence-electron chi connectivity index (χ0n) is 14.2. The number of halogens is 1. The second kappa shape index (κ2) is 7.74. The molecule has 5 nitrogen and oxygen atoms in total. The number of para-hydroxylation sites is 1. The Bertz CT molecular complexity index is 984. The lowest BCUT2D eigenvalue weighted by Crippen LogP contribution is -2.25. The van der Waals surface area contributed by atoms with Gasteiger partial charge in [0.05, 0.1) is 6.61 Å². The standard InChI is InChI=1S/C20H17FN2O3/c1-14-13-18(24)19(22-23(14)17-10-6-5-9-16(17)21)20(25)26-12-11-15-7-3-2-4-8-15/h2-10,13H,11-12H2,1H3. The number of esters is 1. The maximum atomic E-state index is 14.0. The van der Waals surface area contributed by atoms with Crippen molar-refractivity contribution >= 4 is 5.97 Å². The number of aryl methyl sites for hydroxylation is 1. The van der Waals surface area contributed by atoms with Gasteiger partial charge in [-0.2, -0.15) is 5.10 Å². The summed E-state index contributed by atoms with van der Waals surface area (Å²) in [5, 5.41) is 4.02. The van der Waals surface area contributed by atoms with Crippen LogP contribution < -0.4 is 5.43 Å². The number of hydrogen-bond acceptors (Lipinski definition) is 4. The van der Waals surface area contributed by atoms with Gasteiger partial charge in [0.25, 0.3) is 0 Å². The van der Waals surface area contributed by atoms with Crippen molar-refractivity contribution in [2.75, 3.05) is 6.61 Å². The van der Waals surface area contributed by atoms with Crippen LogP contribution >= 0.6 is 0 Å². The Kier molecular flexibility index (Phi) is 5.22. The summed E-state index contributed by atoms with van der Waals surface area (Å²) < 4.78 is 20.4. The molecule has 0 radical (unpaired) electrons. The quantitative estimate of drug-likeness (QED) is 0.662. The zero-order valence-corrected chi connectivity index (χ0v) is 14.2. The SMILES string of the molecule is Cc1cc(=O)c(C(=O)OCCc2ccccc2)nn1-c1ccccc1F. The highest BCUT2D eigenvalue weighted by atomic mass is 19.1. The van der Waals surface area contributed by atoms with Crippen molar-refractivity contribution in [3.8, 4) is 5.69 Å². The van der Waals surface area contributed by atoms with Gasteiger partial charge < -0.3 is 4.74 Å². The third-order valence-electron chi connectivity index (χ3n) is 3.85. The van der Waals surface area contributed by atoms with Crippen LogP contribution in [0.4, 0.5) is 4.39 Å². The predicted molar refractivity (Wildman–Crippen MR) is 95.0 cm³/mol. The van der Waals surface area contributed by atoms with Gasteiger partial charge in [0.1, 0.15) is 11.5 Å². The van der Waals surface area contributed by atoms with Gasteiger partial charge in [-0.3, -0.25) is 4.79 Å². The van der Waals surface area contributed by atoms with Crippen LogP contribution in [0.15, 0.2) is 65.5 Å². The van der Waals surface area contributed by atoms with Gasteiger partial charge >= 0.3 is 5.97 Å². The molecular formula is C20H17FN2O3. The average molecular weight is 352 g/mol. The summed E-state index contributed by atoms with van der Waals surface area (Å²) in [7, 11) is 0. The third kappa shape index (κ3) is 3.85. The van der Waals surface area contributed by atoms with Crippen LogP contribution in [0, 0.1) is 12.7 Å². The smallest absolute Gasteiger partial charge is 0.362 e. The van der Waals surface area contributed by atoms with Crippen LogP contribution in [0.2, 0.25) is 0 Å². The molecule has 6 heteroatoms. The molecule has 3 rings (SSSR count). The van der Waals surface area contributed by atoms with Crippen LogP contribution in [0.3, 0.4) is 0 Å². The lowest BCUT2D eigenvalue weighted by Gasteiger charge is -2.11. The fourth-order valence-electron chi connectivity index (χ4n) is 2.53. The van der Waals surface area contributed by atoms with Crippen LogP contribution in [0.25, 0.3) is 5.69 Å². The molecule has 0 bridgehead atoms. The van der Waals surface area contributed by atoms with Gasteiger partial charge in [-0.25, -0.2) is 13.9 Å². The minimum atomic E-state index is -0.823. The molecule has 0 fully saturated rings. The van der Waals surface area contributed by atoms with E-state index in [-0.39, 0.29) is 18.0 Å². The van der Waals surface area contributed by atoms with E-state index in [1.165, 1.54) is 22.9 Å². The number of nitrogens with zero attached hydrogens (tertiary/aromatic N) is 2. The first-order chi connectivity index (χ1) is 12.6. The molecule has 1 heterocycles. The number of rotatable bonds is 5. The topological polar surface area (TPSA) is 61.2 Å². The van der Waals surface area contributed by atoms with E-state index in [0.29, 0.717) is 12.1 Å². The summed E-state index contributed by atoms with van der Waals surface area (Å²) in [6.07, 6.45) is 0.528. The second-order valence-corrected chi connectivity index (χ2v) is 5.73. The van der Waals surface area contributed by atoms with E-state index in [0.717, 1.165) is 5.56 Å². The van der Waals surface area contributed by atoms with E-state index < -0.39 is 17.2 Å². The molecule has 3 aromatic rings. The lowest BCUT2D eigenvalue weighted by atomic mass is 10.2. The minimum Gasteiger partial charge on any atom is -0.460 e.